The number of aromatic nitrogens is 9. The summed E-state index contributed by atoms with van der Waals surface area (Å²) in [5.41, 5.74) is 7.44. The number of hydrogen-bond acceptors (Lipinski definition) is 23. The number of anilines is 16. The van der Waals surface area contributed by atoms with Crippen molar-refractivity contribution in [3.8, 4) is 11.5 Å². The van der Waals surface area contributed by atoms with Gasteiger partial charge < -0.3 is 72.1 Å². The number of halogens is 4. The summed E-state index contributed by atoms with van der Waals surface area (Å²) in [5.74, 6) is -1.18. The van der Waals surface area contributed by atoms with Crippen LogP contribution in [0.25, 0.3) is 0 Å². The minimum atomic E-state index is -0.646. The first kappa shape index (κ1) is 76.4. The van der Waals surface area contributed by atoms with Crippen molar-refractivity contribution in [1.82, 2.24) is 49.6 Å². The number of methoxy groups -OCH3 is 1. The first-order valence-corrected chi connectivity index (χ1v) is 33.5. The lowest BCUT2D eigenvalue weighted by molar-refractivity contribution is -0.113. The van der Waals surface area contributed by atoms with E-state index in [9.17, 15) is 27.6 Å². The van der Waals surface area contributed by atoms with E-state index in [1.807, 2.05) is 42.5 Å². The zero-order chi connectivity index (χ0) is 75.3. The highest BCUT2D eigenvalue weighted by Crippen LogP contribution is 2.32. The van der Waals surface area contributed by atoms with Crippen LogP contribution in [-0.4, -0.2) is 132 Å². The van der Waals surface area contributed by atoms with Gasteiger partial charge in [-0.25, -0.2) is 28.1 Å². The van der Waals surface area contributed by atoms with E-state index < -0.39 is 17.5 Å². The topological polar surface area (TPSA) is 322 Å². The van der Waals surface area contributed by atoms with E-state index in [2.05, 4.69) is 117 Å². The van der Waals surface area contributed by atoms with E-state index in [-0.39, 0.29) is 72.8 Å². The van der Waals surface area contributed by atoms with Gasteiger partial charge in [0, 0.05) is 121 Å². The fourth-order valence-corrected chi connectivity index (χ4v) is 10.2. The Morgan fingerprint density at radius 3 is 1.54 bits per heavy atom. The first-order chi connectivity index (χ1) is 52.0. The van der Waals surface area contributed by atoms with Gasteiger partial charge in [0.1, 0.15) is 24.7 Å². The van der Waals surface area contributed by atoms with Crippen LogP contribution in [0.4, 0.5) is 105 Å². The first-order valence-electron chi connectivity index (χ1n) is 33.1. The highest BCUT2D eigenvalue weighted by Gasteiger charge is 2.19. The number of pyridine rings is 1. The maximum absolute atomic E-state index is 14.5. The SMILES string of the molecule is C=C(Cn1cccn1)C(=O)Nc1cccc(Nc2nc(Nc3ccc(OCCOC)cc3)ncc2F)c1.C=CC(=O)Nc1cccc(Nc2nc(Nc3ccc(OCc4ccccn4)c(Cl)c3)ncc2F)c1.C=CC(=O)Nc1cccc(Nc2nc(Nc3cccc(N4CCN(CCO)CC4)c3)ncc2F)c1. The number of carbonyl (C=O) groups excluding carboxylic acids is 3. The maximum atomic E-state index is 14.5. The third kappa shape index (κ3) is 23.9. The van der Waals surface area contributed by atoms with Crippen LogP contribution in [0.3, 0.4) is 0 Å². The predicted octanol–water partition coefficient (Wildman–Crippen LogP) is 13.7. The molecule has 31 heteroatoms. The number of hydrogen-bond donors (Lipinski definition) is 10. The number of piperazine rings is 1. The smallest absolute Gasteiger partial charge is 0.252 e. The quantitative estimate of drug-likeness (QED) is 0.0148. The van der Waals surface area contributed by atoms with Crippen molar-refractivity contribution in [3.05, 3.63) is 267 Å². The summed E-state index contributed by atoms with van der Waals surface area (Å²) in [5, 5.41) is 39.6. The summed E-state index contributed by atoms with van der Waals surface area (Å²) in [6, 6.07) is 48.0. The third-order valence-corrected chi connectivity index (χ3v) is 15.5. The summed E-state index contributed by atoms with van der Waals surface area (Å²) in [6.07, 6.45) is 10.6. The van der Waals surface area contributed by atoms with Gasteiger partial charge in [-0.15, -0.1) is 0 Å². The van der Waals surface area contributed by atoms with Crippen LogP contribution in [0.1, 0.15) is 5.69 Å². The molecule has 3 amide bonds. The Labute approximate surface area is 618 Å². The number of rotatable bonds is 30. The van der Waals surface area contributed by atoms with Crippen molar-refractivity contribution in [1.29, 1.82) is 0 Å². The normalized spacial score (nSPS) is 11.6. The molecular formula is C76H74ClF3N20O7. The third-order valence-electron chi connectivity index (χ3n) is 15.2. The molecule has 0 radical (unpaired) electrons. The van der Waals surface area contributed by atoms with Gasteiger partial charge in [-0.2, -0.15) is 20.1 Å². The molecule has 1 saturated heterocycles. The molecule has 107 heavy (non-hydrogen) atoms. The van der Waals surface area contributed by atoms with Crippen LogP contribution in [-0.2, 0) is 32.3 Å². The van der Waals surface area contributed by atoms with Gasteiger partial charge in [0.05, 0.1) is 49.1 Å². The van der Waals surface area contributed by atoms with Crippen molar-refractivity contribution in [2.75, 3.05) is 112 Å². The fraction of sp³-hybridized carbons (Fsp3) is 0.145. The van der Waals surface area contributed by atoms with Crippen molar-refractivity contribution in [2.24, 2.45) is 0 Å². The number of nitrogens with one attached hydrogen (secondary N) is 9. The highest BCUT2D eigenvalue weighted by atomic mass is 35.5. The Bertz CT molecular complexity index is 4830. The molecule has 0 atom stereocenters. The molecule has 0 bridgehead atoms. The van der Waals surface area contributed by atoms with E-state index in [1.165, 1.54) is 6.08 Å². The number of amides is 3. The average Bonchev–Trinajstić information content (AvgIpc) is 1.27. The average molecular weight is 1470 g/mol. The highest BCUT2D eigenvalue weighted by molar-refractivity contribution is 6.32. The number of benzene rings is 6. The lowest BCUT2D eigenvalue weighted by atomic mass is 10.2. The van der Waals surface area contributed by atoms with E-state index in [4.69, 9.17) is 30.9 Å². The molecule has 1 aliphatic rings. The molecule has 5 aromatic heterocycles. The number of ether oxygens (including phenoxy) is 3. The van der Waals surface area contributed by atoms with Crippen molar-refractivity contribution < 1.29 is 46.9 Å². The Kier molecular flexibility index (Phi) is 27.7. The maximum Gasteiger partial charge on any atom is 0.252 e. The lowest BCUT2D eigenvalue weighted by Crippen LogP contribution is -2.47. The van der Waals surface area contributed by atoms with Gasteiger partial charge in [0.2, 0.25) is 29.7 Å². The predicted molar refractivity (Wildman–Crippen MR) is 409 cm³/mol. The Hall–Kier alpha value is -13.3. The Morgan fingerprint density at radius 1 is 0.542 bits per heavy atom. The molecule has 0 aliphatic carbocycles. The fourth-order valence-electron chi connectivity index (χ4n) is 9.99. The molecule has 0 unspecified atom stereocenters. The van der Waals surface area contributed by atoms with Crippen LogP contribution in [0.5, 0.6) is 11.5 Å². The molecule has 27 nitrogen and oxygen atoms in total. The summed E-state index contributed by atoms with van der Waals surface area (Å²) in [4.78, 5) is 69.1. The number of aliphatic hydroxyl groups is 1. The van der Waals surface area contributed by atoms with Crippen LogP contribution in [0.15, 0.2) is 238 Å². The van der Waals surface area contributed by atoms with Gasteiger partial charge in [-0.05, 0) is 146 Å². The number of β-amino-alcohol motifs (C(OH)–C–C–N with tert-alkyl or cyclic N) is 1. The minimum absolute atomic E-state index is 0.00542. The molecule has 11 aromatic rings. The van der Waals surface area contributed by atoms with Crippen LogP contribution in [0.2, 0.25) is 5.02 Å². The summed E-state index contributed by atoms with van der Waals surface area (Å²) in [6.45, 7) is 16.6. The van der Waals surface area contributed by atoms with Crippen LogP contribution in [0, 0.1) is 17.5 Å². The van der Waals surface area contributed by atoms with E-state index in [1.54, 1.807) is 152 Å². The molecular weight excluding hydrogens is 1400 g/mol. The number of aliphatic hydroxyl groups excluding tert-OH is 1. The standard InChI is InChI=1S/C26H26FN7O3.C25H20ClFN6O2.C25H28FN7O2/c1-18(17-34-12-4-11-29-34)25(35)31-21-6-3-5-20(15-21)30-24-23(27)16-28-26(33-24)32-19-7-9-22(10-8-19)37-14-13-36-2;1-2-23(34)30-16-7-5-8-17(12-16)31-24-21(27)14-29-25(33-24)32-18-9-10-22(20(26)13-18)35-15-19-6-3-4-11-28-19;1-2-23(35)28-18-5-3-6-19(15-18)29-24-22(26)17-27-25(31-24)30-20-7-4-8-21(16-20)33-11-9-32(10-12-33)13-14-34/h3-12,15-16H,1,13-14,17H2,2H3,(H,31,35)(H2,28,30,32,33);2-14H,1,15H2,(H,30,34)(H2,29,31,32,33);2-8,15-17,34H,1,9-14H2,(H,28,35)(H2,27,29,30,31). The zero-order valence-electron chi connectivity index (χ0n) is 57.7. The molecule has 0 spiro atoms. The van der Waals surface area contributed by atoms with E-state index in [0.29, 0.717) is 87.4 Å². The van der Waals surface area contributed by atoms with Crippen LogP contribution >= 0.6 is 11.6 Å². The van der Waals surface area contributed by atoms with Crippen molar-refractivity contribution >= 4 is 121 Å². The molecule has 6 heterocycles. The van der Waals surface area contributed by atoms with Gasteiger partial charge in [0.25, 0.3) is 5.91 Å². The Morgan fingerprint density at radius 2 is 1.05 bits per heavy atom. The second-order valence-corrected chi connectivity index (χ2v) is 23.4. The van der Waals surface area contributed by atoms with Gasteiger partial charge >= 0.3 is 0 Å². The molecule has 12 rings (SSSR count). The molecule has 1 aliphatic heterocycles. The summed E-state index contributed by atoms with van der Waals surface area (Å²) in [7, 11) is 1.61. The summed E-state index contributed by atoms with van der Waals surface area (Å²) < 4.78 is 61.1. The largest absolute Gasteiger partial charge is 0.491 e. The second-order valence-electron chi connectivity index (χ2n) is 23.0. The van der Waals surface area contributed by atoms with Crippen molar-refractivity contribution in [2.45, 2.75) is 13.2 Å². The Balaban J connectivity index is 0.000000172. The monoisotopic (exact) mass is 1470 g/mol. The van der Waals surface area contributed by atoms with E-state index in [0.717, 1.165) is 67.9 Å². The van der Waals surface area contributed by atoms with Gasteiger partial charge in [-0.1, -0.05) is 61.7 Å². The molecule has 0 saturated carbocycles. The minimum Gasteiger partial charge on any atom is -0.491 e. The molecule has 10 N–H and O–H groups in total. The van der Waals surface area contributed by atoms with E-state index >= 15 is 0 Å². The molecule has 1 fully saturated rings. The number of nitrogens with zero attached hydrogens (tertiary/aromatic N) is 11. The summed E-state index contributed by atoms with van der Waals surface area (Å²) >= 11 is 6.35. The van der Waals surface area contributed by atoms with Crippen LogP contribution < -0.4 is 62.2 Å². The molecule has 548 valence electrons. The number of carbonyl (C=O) groups is 3. The van der Waals surface area contributed by atoms with Gasteiger partial charge in [-0.3, -0.25) is 28.9 Å². The lowest BCUT2D eigenvalue weighted by Gasteiger charge is -2.35. The van der Waals surface area contributed by atoms with Crippen molar-refractivity contribution in [3.63, 3.8) is 0 Å². The van der Waals surface area contributed by atoms with Gasteiger partial charge in [0.15, 0.2) is 34.9 Å². The molecule has 6 aromatic carbocycles. The zero-order valence-corrected chi connectivity index (χ0v) is 58.5. The second kappa shape index (κ2) is 38.8.